The lowest BCUT2D eigenvalue weighted by Crippen LogP contribution is -2.27. The molecule has 10 nitrogen and oxygen atoms in total. The van der Waals surface area contributed by atoms with Gasteiger partial charge in [-0.05, 0) is 46.8 Å². The lowest BCUT2D eigenvalue weighted by Gasteiger charge is -2.19. The molecule has 0 aliphatic rings. The molecule has 0 spiro atoms. The van der Waals surface area contributed by atoms with Gasteiger partial charge in [0.25, 0.3) is 0 Å². The number of esters is 2. The zero-order valence-electron chi connectivity index (χ0n) is 19.0. The molecule has 0 saturated carbocycles. The molecule has 0 aliphatic heterocycles. The second-order valence-electron chi connectivity index (χ2n) is 7.41. The maximum Gasteiger partial charge on any atom is 0.417 e. The van der Waals surface area contributed by atoms with Gasteiger partial charge in [0.15, 0.2) is 0 Å². The molecule has 0 fully saturated rings. The van der Waals surface area contributed by atoms with Crippen molar-refractivity contribution >= 4 is 45.5 Å². The highest BCUT2D eigenvalue weighted by atomic mass is 32.1. The summed E-state index contributed by atoms with van der Waals surface area (Å²) in [6, 6.07) is 8.25. The Morgan fingerprint density at radius 2 is 1.30 bits per heavy atom. The van der Waals surface area contributed by atoms with Crippen LogP contribution in [0.15, 0.2) is 30.3 Å². The Labute approximate surface area is 195 Å². The monoisotopic (exact) mass is 478 g/mol. The van der Waals surface area contributed by atoms with Crippen molar-refractivity contribution in [3.63, 3.8) is 0 Å². The number of amides is 2. The summed E-state index contributed by atoms with van der Waals surface area (Å²) in [6.45, 7) is 8.22. The zero-order valence-corrected chi connectivity index (χ0v) is 19.8. The molecule has 0 aliphatic carbocycles. The van der Waals surface area contributed by atoms with Gasteiger partial charge in [0.2, 0.25) is 0 Å². The van der Waals surface area contributed by atoms with Crippen molar-refractivity contribution in [1.82, 2.24) is 0 Å². The number of benzene rings is 1. The highest BCUT2D eigenvalue weighted by molar-refractivity contribution is 7.21. The van der Waals surface area contributed by atoms with Gasteiger partial charge in [0.05, 0.1) is 13.2 Å². The van der Waals surface area contributed by atoms with Crippen LogP contribution in [0.5, 0.6) is 5.75 Å². The fraction of sp³-hybridized carbons (Fsp3) is 0.364. The van der Waals surface area contributed by atoms with E-state index >= 15 is 0 Å². The van der Waals surface area contributed by atoms with Gasteiger partial charge in [-0.2, -0.15) is 0 Å². The van der Waals surface area contributed by atoms with E-state index in [-0.39, 0.29) is 40.1 Å². The Balaban J connectivity index is 2.47. The van der Waals surface area contributed by atoms with Crippen LogP contribution in [-0.2, 0) is 14.2 Å². The minimum atomic E-state index is -0.910. The first-order chi connectivity index (χ1) is 15.6. The van der Waals surface area contributed by atoms with Crippen molar-refractivity contribution in [3.05, 3.63) is 41.5 Å². The maximum atomic E-state index is 12.7. The van der Waals surface area contributed by atoms with Crippen LogP contribution in [0.2, 0.25) is 0 Å². The summed E-state index contributed by atoms with van der Waals surface area (Å²) in [7, 11) is 0. The van der Waals surface area contributed by atoms with E-state index in [1.807, 2.05) is 0 Å². The van der Waals surface area contributed by atoms with Gasteiger partial charge in [-0.1, -0.05) is 29.5 Å². The predicted octanol–water partition coefficient (Wildman–Crippen LogP) is 5.06. The predicted molar refractivity (Wildman–Crippen MR) is 122 cm³/mol. The van der Waals surface area contributed by atoms with E-state index in [1.54, 1.807) is 65.0 Å². The molecule has 0 unspecified atom stereocenters. The Morgan fingerprint density at radius 3 is 1.76 bits per heavy atom. The van der Waals surface area contributed by atoms with Crippen LogP contribution in [0.25, 0.3) is 0 Å². The van der Waals surface area contributed by atoms with Crippen molar-refractivity contribution < 1.29 is 38.1 Å². The average Bonchev–Trinajstić information content (AvgIpc) is 3.05. The van der Waals surface area contributed by atoms with E-state index < -0.39 is 29.7 Å². The van der Waals surface area contributed by atoms with E-state index in [0.29, 0.717) is 0 Å². The van der Waals surface area contributed by atoms with Gasteiger partial charge >= 0.3 is 24.1 Å². The van der Waals surface area contributed by atoms with Gasteiger partial charge in [-0.25, -0.2) is 19.2 Å². The maximum absolute atomic E-state index is 12.7. The topological polar surface area (TPSA) is 129 Å². The van der Waals surface area contributed by atoms with E-state index in [1.165, 1.54) is 0 Å². The third-order valence-corrected chi connectivity index (χ3v) is 4.67. The Kier molecular flexibility index (Phi) is 8.80. The molecule has 1 heterocycles. The van der Waals surface area contributed by atoms with Gasteiger partial charge < -0.3 is 18.9 Å². The van der Waals surface area contributed by atoms with E-state index in [0.717, 1.165) is 11.3 Å². The first kappa shape index (κ1) is 25.7. The van der Waals surface area contributed by atoms with E-state index in [9.17, 15) is 19.2 Å². The third kappa shape index (κ3) is 7.49. The standard InChI is InChI=1S/C22H26N2O8S/c1-6-29-18(25)14-15(19(26)30-7-2)17(24-21(28)32-22(3,4)5)33-16(14)23-20(27)31-13-11-9-8-10-12-13/h8-12H,6-7H2,1-5H3,(H,23,27)(H,24,28). The number of para-hydroxylation sites is 1. The summed E-state index contributed by atoms with van der Waals surface area (Å²) < 4.78 is 20.5. The summed E-state index contributed by atoms with van der Waals surface area (Å²) in [6.07, 6.45) is -1.77. The largest absolute Gasteiger partial charge is 0.462 e. The summed E-state index contributed by atoms with van der Waals surface area (Å²) in [5.74, 6) is -1.50. The van der Waals surface area contributed by atoms with Crippen molar-refractivity contribution in [2.75, 3.05) is 23.8 Å². The highest BCUT2D eigenvalue weighted by Crippen LogP contribution is 2.39. The van der Waals surface area contributed by atoms with Gasteiger partial charge in [-0.3, -0.25) is 10.6 Å². The SMILES string of the molecule is CCOC(=O)c1c(NC(=O)Oc2ccccc2)sc(NC(=O)OC(C)(C)C)c1C(=O)OCC. The van der Waals surface area contributed by atoms with Gasteiger partial charge in [0, 0.05) is 0 Å². The van der Waals surface area contributed by atoms with Crippen LogP contribution in [0.3, 0.4) is 0 Å². The molecular formula is C22H26N2O8S. The Bertz CT molecular complexity index is 1010. The number of ether oxygens (including phenoxy) is 4. The first-order valence-electron chi connectivity index (χ1n) is 10.1. The number of carbonyl (C=O) groups is 4. The molecule has 1 aromatic carbocycles. The number of rotatable bonds is 7. The number of hydrogen-bond acceptors (Lipinski definition) is 9. The van der Waals surface area contributed by atoms with Crippen molar-refractivity contribution in [1.29, 1.82) is 0 Å². The number of hydrogen-bond donors (Lipinski definition) is 2. The lowest BCUT2D eigenvalue weighted by atomic mass is 10.1. The molecule has 178 valence electrons. The first-order valence-corrected chi connectivity index (χ1v) is 10.9. The van der Waals surface area contributed by atoms with Gasteiger partial charge in [0.1, 0.15) is 32.5 Å². The van der Waals surface area contributed by atoms with E-state index in [4.69, 9.17) is 18.9 Å². The smallest absolute Gasteiger partial charge is 0.417 e. The second-order valence-corrected chi connectivity index (χ2v) is 8.43. The van der Waals surface area contributed by atoms with Crippen LogP contribution in [-0.4, -0.2) is 42.9 Å². The molecule has 33 heavy (non-hydrogen) atoms. The molecule has 0 bridgehead atoms. The second kappa shape index (κ2) is 11.3. The number of nitrogens with one attached hydrogen (secondary N) is 2. The Hall–Kier alpha value is -3.60. The highest BCUT2D eigenvalue weighted by Gasteiger charge is 2.33. The fourth-order valence-electron chi connectivity index (χ4n) is 2.51. The van der Waals surface area contributed by atoms with Crippen LogP contribution >= 0.6 is 11.3 Å². The van der Waals surface area contributed by atoms with Crippen LogP contribution in [0.1, 0.15) is 55.3 Å². The normalized spacial score (nSPS) is 10.7. The van der Waals surface area contributed by atoms with Gasteiger partial charge in [-0.15, -0.1) is 0 Å². The van der Waals surface area contributed by atoms with Crippen LogP contribution in [0.4, 0.5) is 19.6 Å². The van der Waals surface area contributed by atoms with Crippen molar-refractivity contribution in [3.8, 4) is 5.75 Å². The molecule has 1 aromatic heterocycles. The minimum Gasteiger partial charge on any atom is -0.462 e. The van der Waals surface area contributed by atoms with Crippen molar-refractivity contribution in [2.24, 2.45) is 0 Å². The molecule has 0 atom stereocenters. The van der Waals surface area contributed by atoms with Crippen LogP contribution < -0.4 is 15.4 Å². The molecule has 0 radical (unpaired) electrons. The average molecular weight is 479 g/mol. The molecule has 0 saturated heterocycles. The summed E-state index contributed by atoms with van der Waals surface area (Å²) in [4.78, 5) is 50.2. The Morgan fingerprint density at radius 1 is 0.818 bits per heavy atom. The molecule has 11 heteroatoms. The molecule has 2 rings (SSSR count). The lowest BCUT2D eigenvalue weighted by molar-refractivity contribution is 0.0481. The van der Waals surface area contributed by atoms with Crippen molar-refractivity contribution in [2.45, 2.75) is 40.2 Å². The quantitative estimate of drug-likeness (QED) is 0.417. The summed E-state index contributed by atoms with van der Waals surface area (Å²) in [5.41, 5.74) is -1.34. The number of carbonyl (C=O) groups excluding carboxylic acids is 4. The summed E-state index contributed by atoms with van der Waals surface area (Å²) in [5, 5.41) is 4.76. The molecule has 2 amide bonds. The minimum absolute atomic E-state index is 0.0136. The molecule has 2 aromatic rings. The zero-order chi connectivity index (χ0) is 24.6. The molecule has 2 N–H and O–H groups in total. The van der Waals surface area contributed by atoms with Crippen LogP contribution in [0, 0.1) is 0 Å². The van der Waals surface area contributed by atoms with E-state index in [2.05, 4.69) is 10.6 Å². The molecular weight excluding hydrogens is 452 g/mol. The fourth-order valence-corrected chi connectivity index (χ4v) is 3.56. The third-order valence-electron chi connectivity index (χ3n) is 3.65. The number of anilines is 2. The summed E-state index contributed by atoms with van der Waals surface area (Å²) >= 11 is 0.762. The number of thiophene rings is 1.